The summed E-state index contributed by atoms with van der Waals surface area (Å²) < 4.78 is 8.24. The molecule has 0 bridgehead atoms. The van der Waals surface area contributed by atoms with Crippen LogP contribution in [0.15, 0.2) is 43.6 Å². The smallest absolute Gasteiger partial charge is 0.108 e. The van der Waals surface area contributed by atoms with E-state index in [-0.39, 0.29) is 6.10 Å². The van der Waals surface area contributed by atoms with Gasteiger partial charge in [-0.2, -0.15) is 0 Å². The van der Waals surface area contributed by atoms with Crippen LogP contribution in [0.3, 0.4) is 0 Å². The SMILES string of the molecule is IC1=C(I)C(/C=C/c2ccccc2)OC1. The van der Waals surface area contributed by atoms with Gasteiger partial charge in [-0.1, -0.05) is 42.5 Å². The van der Waals surface area contributed by atoms with Gasteiger partial charge in [-0.3, -0.25) is 0 Å². The third-order valence-electron chi connectivity index (χ3n) is 2.16. The maximum absolute atomic E-state index is 5.62. The molecule has 78 valence electrons. The van der Waals surface area contributed by atoms with Gasteiger partial charge >= 0.3 is 0 Å². The zero-order valence-corrected chi connectivity index (χ0v) is 12.3. The molecule has 1 nitrogen and oxygen atoms in total. The minimum absolute atomic E-state index is 0.151. The molecule has 1 aliphatic heterocycles. The average Bonchev–Trinajstić information content (AvgIpc) is 2.59. The summed E-state index contributed by atoms with van der Waals surface area (Å²) >= 11 is 4.70. The van der Waals surface area contributed by atoms with Gasteiger partial charge in [0.25, 0.3) is 0 Å². The maximum atomic E-state index is 5.62. The Kier molecular flexibility index (Phi) is 4.21. The van der Waals surface area contributed by atoms with E-state index in [1.54, 1.807) is 0 Å². The summed E-state index contributed by atoms with van der Waals surface area (Å²) in [5.41, 5.74) is 1.22. The van der Waals surface area contributed by atoms with Gasteiger partial charge in [-0.25, -0.2) is 0 Å². The van der Waals surface area contributed by atoms with Crippen LogP contribution in [0.2, 0.25) is 0 Å². The molecule has 0 saturated carbocycles. The number of rotatable bonds is 2. The molecule has 2 rings (SSSR count). The van der Waals surface area contributed by atoms with E-state index in [9.17, 15) is 0 Å². The Morgan fingerprint density at radius 2 is 1.93 bits per heavy atom. The Labute approximate surface area is 117 Å². The zero-order valence-electron chi connectivity index (χ0n) is 7.99. The van der Waals surface area contributed by atoms with Crippen molar-refractivity contribution in [3.8, 4) is 0 Å². The molecule has 1 aromatic carbocycles. The van der Waals surface area contributed by atoms with E-state index in [1.807, 2.05) is 18.2 Å². The molecule has 0 fully saturated rings. The molecule has 1 aromatic rings. The molecule has 1 atom stereocenters. The van der Waals surface area contributed by atoms with Crippen LogP contribution in [0.25, 0.3) is 6.08 Å². The highest BCUT2D eigenvalue weighted by atomic mass is 127. The summed E-state index contributed by atoms with van der Waals surface area (Å²) in [6, 6.07) is 10.3. The molecule has 1 heterocycles. The molecular weight excluding hydrogens is 414 g/mol. The molecule has 0 saturated heterocycles. The topological polar surface area (TPSA) is 9.23 Å². The quantitative estimate of drug-likeness (QED) is 0.648. The second kappa shape index (κ2) is 5.45. The minimum atomic E-state index is 0.151. The Morgan fingerprint density at radius 1 is 1.20 bits per heavy atom. The van der Waals surface area contributed by atoms with E-state index in [4.69, 9.17) is 4.74 Å². The van der Waals surface area contributed by atoms with E-state index in [0.29, 0.717) is 0 Å². The van der Waals surface area contributed by atoms with E-state index in [1.165, 1.54) is 12.7 Å². The largest absolute Gasteiger partial charge is 0.364 e. The number of hydrogen-bond donors (Lipinski definition) is 0. The second-order valence-electron chi connectivity index (χ2n) is 3.25. The lowest BCUT2D eigenvalue weighted by Crippen LogP contribution is -2.01. The molecule has 0 aliphatic carbocycles. The van der Waals surface area contributed by atoms with Crippen molar-refractivity contribution in [2.75, 3.05) is 6.61 Å². The molecule has 1 unspecified atom stereocenters. The van der Waals surface area contributed by atoms with Gasteiger partial charge in [0.1, 0.15) is 6.10 Å². The molecule has 0 aromatic heterocycles. The molecule has 1 aliphatic rings. The lowest BCUT2D eigenvalue weighted by Gasteiger charge is -2.03. The summed E-state index contributed by atoms with van der Waals surface area (Å²) in [5.74, 6) is 0. The highest BCUT2D eigenvalue weighted by Gasteiger charge is 2.19. The number of hydrogen-bond acceptors (Lipinski definition) is 1. The zero-order chi connectivity index (χ0) is 10.7. The molecule has 0 N–H and O–H groups in total. The first kappa shape index (κ1) is 11.6. The predicted molar refractivity (Wildman–Crippen MR) is 80.3 cm³/mol. The van der Waals surface area contributed by atoms with Gasteiger partial charge in [-0.15, -0.1) is 0 Å². The Bertz CT molecular complexity index is 395. The normalized spacial score (nSPS) is 21.6. The maximum Gasteiger partial charge on any atom is 0.108 e. The summed E-state index contributed by atoms with van der Waals surface area (Å²) in [7, 11) is 0. The van der Waals surface area contributed by atoms with Crippen LogP contribution in [-0.4, -0.2) is 12.7 Å². The fourth-order valence-electron chi connectivity index (χ4n) is 1.36. The monoisotopic (exact) mass is 424 g/mol. The highest BCUT2D eigenvalue weighted by Crippen LogP contribution is 2.31. The summed E-state index contributed by atoms with van der Waals surface area (Å²) in [4.78, 5) is 0. The van der Waals surface area contributed by atoms with Gasteiger partial charge < -0.3 is 4.74 Å². The Hall–Kier alpha value is 0.120. The van der Waals surface area contributed by atoms with Crippen molar-refractivity contribution >= 4 is 51.3 Å². The van der Waals surface area contributed by atoms with Crippen LogP contribution in [0.1, 0.15) is 5.56 Å². The number of ether oxygens (including phenoxy) is 1. The third kappa shape index (κ3) is 3.04. The van der Waals surface area contributed by atoms with Crippen molar-refractivity contribution in [3.05, 3.63) is 49.1 Å². The van der Waals surface area contributed by atoms with Crippen molar-refractivity contribution < 1.29 is 4.74 Å². The summed E-state index contributed by atoms with van der Waals surface area (Å²) in [6.07, 6.45) is 4.37. The van der Waals surface area contributed by atoms with E-state index < -0.39 is 0 Å². The first-order chi connectivity index (χ1) is 7.27. The van der Waals surface area contributed by atoms with Crippen molar-refractivity contribution in [2.24, 2.45) is 0 Å². The first-order valence-electron chi connectivity index (χ1n) is 4.66. The third-order valence-corrected chi connectivity index (χ3v) is 5.35. The molecule has 0 amide bonds. The standard InChI is InChI=1S/C12H10I2O/c13-10-8-15-11(12(10)14)7-6-9-4-2-1-3-5-9/h1-7,11H,8H2/b7-6+. The van der Waals surface area contributed by atoms with Crippen LogP contribution in [0, 0.1) is 0 Å². The Morgan fingerprint density at radius 3 is 2.53 bits per heavy atom. The number of halogens is 2. The minimum Gasteiger partial charge on any atom is -0.364 e. The summed E-state index contributed by atoms with van der Waals surface area (Å²) in [5, 5.41) is 0. The summed E-state index contributed by atoms with van der Waals surface area (Å²) in [6.45, 7) is 0.753. The van der Waals surface area contributed by atoms with Crippen LogP contribution in [-0.2, 0) is 4.74 Å². The molecular formula is C12H10I2O. The van der Waals surface area contributed by atoms with Gasteiger partial charge in [0.15, 0.2) is 0 Å². The van der Waals surface area contributed by atoms with Gasteiger partial charge in [0.2, 0.25) is 0 Å². The van der Waals surface area contributed by atoms with Crippen molar-refractivity contribution in [1.29, 1.82) is 0 Å². The first-order valence-corrected chi connectivity index (χ1v) is 6.82. The van der Waals surface area contributed by atoms with Gasteiger partial charge in [0.05, 0.1) is 6.61 Å². The van der Waals surface area contributed by atoms with E-state index in [0.717, 1.165) is 6.61 Å². The van der Waals surface area contributed by atoms with Crippen molar-refractivity contribution in [1.82, 2.24) is 0 Å². The molecule has 15 heavy (non-hydrogen) atoms. The number of benzene rings is 1. The van der Waals surface area contributed by atoms with Gasteiger partial charge in [0, 0.05) is 7.16 Å². The van der Waals surface area contributed by atoms with Crippen molar-refractivity contribution in [2.45, 2.75) is 6.10 Å². The van der Waals surface area contributed by atoms with Crippen molar-refractivity contribution in [3.63, 3.8) is 0 Å². The van der Waals surface area contributed by atoms with Crippen LogP contribution in [0.4, 0.5) is 0 Å². The molecule has 0 spiro atoms. The average molecular weight is 424 g/mol. The highest BCUT2D eigenvalue weighted by molar-refractivity contribution is 14.1. The van der Waals surface area contributed by atoms with Crippen LogP contribution >= 0.6 is 45.2 Å². The van der Waals surface area contributed by atoms with Crippen LogP contribution in [0.5, 0.6) is 0 Å². The van der Waals surface area contributed by atoms with E-state index >= 15 is 0 Å². The van der Waals surface area contributed by atoms with Gasteiger partial charge in [-0.05, 0) is 50.7 Å². The second-order valence-corrected chi connectivity index (χ2v) is 5.72. The fraction of sp³-hybridized carbons (Fsp3) is 0.167. The predicted octanol–water partition coefficient (Wildman–Crippen LogP) is 4.18. The fourth-order valence-corrected chi connectivity index (χ4v) is 2.39. The lowest BCUT2D eigenvalue weighted by molar-refractivity contribution is 0.161. The lowest BCUT2D eigenvalue weighted by atomic mass is 10.2. The molecule has 0 radical (unpaired) electrons. The van der Waals surface area contributed by atoms with E-state index in [2.05, 4.69) is 69.5 Å². The Balaban J connectivity index is 2.08. The molecule has 3 heteroatoms. The van der Waals surface area contributed by atoms with Crippen LogP contribution < -0.4 is 0 Å².